The highest BCUT2D eigenvalue weighted by molar-refractivity contribution is 7.33. The number of aliphatic hydroxyl groups excluding tert-OH is 1. The molecular formula is C33H48FN7O8P+. The fourth-order valence-electron chi connectivity index (χ4n) is 5.68. The fraction of sp³-hybridized carbons (Fsp3) is 0.515. The number of amides is 3. The van der Waals surface area contributed by atoms with Crippen molar-refractivity contribution in [2.45, 2.75) is 64.8 Å². The Kier molecular flexibility index (Phi) is 16.0. The van der Waals surface area contributed by atoms with Gasteiger partial charge in [-0.1, -0.05) is 6.42 Å². The van der Waals surface area contributed by atoms with E-state index in [4.69, 9.17) is 15.5 Å². The van der Waals surface area contributed by atoms with Gasteiger partial charge in [0.1, 0.15) is 18.5 Å². The second-order valence-corrected chi connectivity index (χ2v) is 13.0. The third kappa shape index (κ3) is 11.7. The van der Waals surface area contributed by atoms with Crippen LogP contribution in [0.2, 0.25) is 0 Å². The van der Waals surface area contributed by atoms with Crippen molar-refractivity contribution in [1.82, 2.24) is 20.5 Å². The topological polar surface area (TPSA) is 221 Å². The Morgan fingerprint density at radius 3 is 2.68 bits per heavy atom. The van der Waals surface area contributed by atoms with E-state index in [9.17, 15) is 28.4 Å². The van der Waals surface area contributed by atoms with Gasteiger partial charge < -0.3 is 36.7 Å². The summed E-state index contributed by atoms with van der Waals surface area (Å²) >= 11 is 0. The lowest BCUT2D eigenvalue weighted by atomic mass is 10.0. The molecule has 0 aliphatic carbocycles. The van der Waals surface area contributed by atoms with E-state index < -0.39 is 20.1 Å². The number of H-pyrrole nitrogens is 1. The van der Waals surface area contributed by atoms with Gasteiger partial charge in [-0.2, -0.15) is 0 Å². The van der Waals surface area contributed by atoms with Gasteiger partial charge in [-0.25, -0.2) is 9.65 Å². The van der Waals surface area contributed by atoms with E-state index in [0.29, 0.717) is 80.1 Å². The van der Waals surface area contributed by atoms with Crippen LogP contribution in [0.15, 0.2) is 23.2 Å². The third-order valence-electron chi connectivity index (χ3n) is 8.62. The number of nitrogens with one attached hydrogen (secondary N) is 4. The van der Waals surface area contributed by atoms with E-state index in [0.717, 1.165) is 16.8 Å². The molecule has 274 valence electrons. The first kappa shape index (κ1) is 40.2. The Hall–Kier alpha value is -4.21. The Balaban J connectivity index is 1.59. The van der Waals surface area contributed by atoms with Crippen LogP contribution in [0, 0.1) is 25.6 Å². The van der Waals surface area contributed by atoms with E-state index in [2.05, 4.69) is 30.6 Å². The lowest BCUT2D eigenvalue weighted by molar-refractivity contribution is -0.142. The average Bonchev–Trinajstić information content (AvgIpc) is 3.55. The van der Waals surface area contributed by atoms with Gasteiger partial charge in [0.25, 0.3) is 5.91 Å². The minimum absolute atomic E-state index is 0.0534. The van der Waals surface area contributed by atoms with Crippen molar-refractivity contribution in [3.05, 3.63) is 52.1 Å². The predicted octanol–water partition coefficient (Wildman–Crippen LogP) is 3.40. The molecule has 2 aromatic rings. The van der Waals surface area contributed by atoms with E-state index in [1.54, 1.807) is 25.1 Å². The Bertz CT molecular complexity index is 1580. The summed E-state index contributed by atoms with van der Waals surface area (Å²) in [6.45, 7) is 4.37. The molecule has 2 heterocycles. The second kappa shape index (κ2) is 19.8. The van der Waals surface area contributed by atoms with Gasteiger partial charge >= 0.3 is 8.25 Å². The zero-order chi connectivity index (χ0) is 36.8. The zero-order valence-electron chi connectivity index (χ0n) is 28.9. The van der Waals surface area contributed by atoms with Crippen molar-refractivity contribution in [2.24, 2.45) is 16.6 Å². The fourth-order valence-corrected chi connectivity index (χ4v) is 6.06. The standard InChI is InChI=1S/C33H47FN7O8P/c1-20-24(21(2)38-29(20)17-26-25-16-23(34)10-12-27(25)40-31(26)44)11-13-30(43)39-28(9-7-15-41(4)33(35)36-3)32(45)37-14-6-5-8-22(18-42)19-48-50(47)49-46/h10,12,16-17,22,28,38,42H,5-9,11,13-15,18-19H2,1-4H3,(H5-,35,36,37,39,40,43,44,45,46)/p+1/t22?,28-/m1/s1. The minimum atomic E-state index is -2.65. The summed E-state index contributed by atoms with van der Waals surface area (Å²) < 4.78 is 33.4. The summed E-state index contributed by atoms with van der Waals surface area (Å²) in [5.74, 6) is -1.36. The van der Waals surface area contributed by atoms with Crippen molar-refractivity contribution in [3.63, 3.8) is 0 Å². The first-order valence-corrected chi connectivity index (χ1v) is 17.5. The summed E-state index contributed by atoms with van der Waals surface area (Å²) in [7, 11) is 0.726. The number of carbonyl (C=O) groups is 3. The number of benzene rings is 1. The number of aliphatic hydroxyl groups is 1. The number of aryl methyl sites for hydroxylation is 1. The molecule has 1 aromatic heterocycles. The molecule has 0 fully saturated rings. The van der Waals surface area contributed by atoms with Crippen LogP contribution >= 0.6 is 8.25 Å². The van der Waals surface area contributed by atoms with Gasteiger partial charge in [0.2, 0.25) is 11.8 Å². The highest BCUT2D eigenvalue weighted by Crippen LogP contribution is 2.34. The van der Waals surface area contributed by atoms with Crippen molar-refractivity contribution >= 4 is 49.3 Å². The Labute approximate surface area is 291 Å². The normalized spacial score (nSPS) is 15.0. The van der Waals surface area contributed by atoms with E-state index in [1.165, 1.54) is 18.2 Å². The number of hydrogen-bond acceptors (Lipinski definition) is 9. The number of anilines is 1. The van der Waals surface area contributed by atoms with Gasteiger partial charge in [-0.3, -0.25) is 19.4 Å². The molecule has 0 saturated carbocycles. The van der Waals surface area contributed by atoms with Gasteiger partial charge in [-0.15, -0.1) is 4.52 Å². The zero-order valence-corrected chi connectivity index (χ0v) is 29.8. The van der Waals surface area contributed by atoms with Gasteiger partial charge in [0.15, 0.2) is 5.96 Å². The molecule has 3 amide bonds. The lowest BCUT2D eigenvalue weighted by Crippen LogP contribution is -2.47. The van der Waals surface area contributed by atoms with Crippen LogP contribution in [-0.4, -0.2) is 90.4 Å². The number of halogens is 1. The maximum absolute atomic E-state index is 13.9. The third-order valence-corrected chi connectivity index (χ3v) is 9.12. The van der Waals surface area contributed by atoms with Crippen LogP contribution in [0.5, 0.6) is 0 Å². The maximum atomic E-state index is 13.9. The van der Waals surface area contributed by atoms with Crippen LogP contribution in [0.4, 0.5) is 10.1 Å². The number of aromatic amines is 1. The number of hydrogen-bond donors (Lipinski definition) is 7. The summed E-state index contributed by atoms with van der Waals surface area (Å²) in [6.07, 6.45) is 4.85. The molecule has 1 aliphatic rings. The molecule has 2 unspecified atom stereocenters. The highest BCUT2D eigenvalue weighted by atomic mass is 31.1. The first-order chi connectivity index (χ1) is 23.9. The smallest absolute Gasteiger partial charge is 0.396 e. The second-order valence-electron chi connectivity index (χ2n) is 12.2. The van der Waals surface area contributed by atoms with Crippen molar-refractivity contribution in [3.8, 4) is 0 Å². The van der Waals surface area contributed by atoms with Crippen LogP contribution in [0.1, 0.15) is 66.6 Å². The molecule has 1 aromatic carbocycles. The van der Waals surface area contributed by atoms with Crippen molar-refractivity contribution in [2.75, 3.05) is 45.7 Å². The number of rotatable bonds is 20. The molecule has 15 nitrogen and oxygen atoms in total. The summed E-state index contributed by atoms with van der Waals surface area (Å²) in [4.78, 5) is 48.0. The molecule has 0 bridgehead atoms. The molecule has 0 saturated heterocycles. The average molecular weight is 721 g/mol. The molecule has 1 aliphatic heterocycles. The summed E-state index contributed by atoms with van der Waals surface area (Å²) in [6, 6.07) is 3.34. The summed E-state index contributed by atoms with van der Waals surface area (Å²) in [5, 5.41) is 26.4. The number of nitrogens with zero attached hydrogens (tertiary/aromatic N) is 2. The number of nitrogens with two attached hydrogens (primary N) is 1. The van der Waals surface area contributed by atoms with Crippen molar-refractivity contribution < 1.29 is 42.9 Å². The van der Waals surface area contributed by atoms with Crippen LogP contribution < -0.4 is 21.7 Å². The molecule has 0 radical (unpaired) electrons. The highest BCUT2D eigenvalue weighted by Gasteiger charge is 2.26. The predicted molar refractivity (Wildman–Crippen MR) is 188 cm³/mol. The monoisotopic (exact) mass is 720 g/mol. The minimum Gasteiger partial charge on any atom is -0.396 e. The number of fused-ring (bicyclic) bond motifs is 1. The molecular weight excluding hydrogens is 672 g/mol. The van der Waals surface area contributed by atoms with Crippen LogP contribution in [-0.2, 0) is 34.6 Å². The van der Waals surface area contributed by atoms with Gasteiger partial charge in [0, 0.05) is 73.3 Å². The molecule has 0 spiro atoms. The van der Waals surface area contributed by atoms with Gasteiger partial charge in [-0.05, 0) is 81.4 Å². The number of unbranched alkanes of at least 4 members (excludes halogenated alkanes) is 1. The molecule has 3 atom stereocenters. The number of guanidine groups is 1. The Morgan fingerprint density at radius 2 is 1.98 bits per heavy atom. The van der Waals surface area contributed by atoms with Crippen LogP contribution in [0.3, 0.4) is 0 Å². The maximum Gasteiger partial charge on any atom is 0.728 e. The molecule has 8 N–H and O–H groups in total. The SMILES string of the molecule is CN=C(N)N(C)CCC[C@@H](NC(=O)CCc1c(C)[nH]c(C=C2C(=O)Nc3ccc(F)cc32)c1C)C(=O)NCCCCC(CO)CO[P+](=O)OO. The summed E-state index contributed by atoms with van der Waals surface area (Å²) in [5.41, 5.74) is 10.5. The van der Waals surface area contributed by atoms with Crippen molar-refractivity contribution in [1.29, 1.82) is 0 Å². The quantitative estimate of drug-likeness (QED) is 0.0201. The molecule has 17 heteroatoms. The number of aromatic nitrogens is 1. The number of aliphatic imine (C=N–C) groups is 1. The molecule has 50 heavy (non-hydrogen) atoms. The van der Waals surface area contributed by atoms with E-state index in [1.807, 2.05) is 13.8 Å². The van der Waals surface area contributed by atoms with Gasteiger partial charge in [0.05, 0.1) is 10.2 Å². The van der Waals surface area contributed by atoms with E-state index >= 15 is 0 Å². The Morgan fingerprint density at radius 1 is 1.22 bits per heavy atom. The van der Waals surface area contributed by atoms with Crippen LogP contribution in [0.25, 0.3) is 11.6 Å². The largest absolute Gasteiger partial charge is 0.728 e. The molecule has 3 rings (SSSR count). The van der Waals surface area contributed by atoms with E-state index in [-0.39, 0.29) is 43.3 Å². The number of carbonyl (C=O) groups excluding carboxylic acids is 3. The first-order valence-electron chi connectivity index (χ1n) is 16.4. The lowest BCUT2D eigenvalue weighted by Gasteiger charge is -2.21.